The summed E-state index contributed by atoms with van der Waals surface area (Å²) in [5, 5.41) is 0. The van der Waals surface area contributed by atoms with Crippen LogP contribution in [0.4, 0.5) is 5.69 Å². The molecule has 0 aromatic heterocycles. The average Bonchev–Trinajstić information content (AvgIpc) is 2.37. The molecule has 0 heterocycles. The quantitative estimate of drug-likeness (QED) is 0.864. The first-order chi connectivity index (χ1) is 9.06. The Morgan fingerprint density at radius 1 is 1.11 bits per heavy atom. The number of nitrogens with two attached hydrogens (primary N) is 1. The summed E-state index contributed by atoms with van der Waals surface area (Å²) in [5.74, 6) is 0. The third-order valence-corrected chi connectivity index (χ3v) is 3.97. The second-order valence-corrected chi connectivity index (χ2v) is 5.81. The van der Waals surface area contributed by atoms with Gasteiger partial charge in [-0.2, -0.15) is 0 Å². The Morgan fingerprint density at radius 3 is 2.53 bits per heavy atom. The molecule has 0 bridgehead atoms. The third kappa shape index (κ3) is 3.82. The van der Waals surface area contributed by atoms with Gasteiger partial charge < -0.3 is 5.73 Å². The first kappa shape index (κ1) is 14.1. The number of rotatable bonds is 4. The van der Waals surface area contributed by atoms with Crippen LogP contribution in [0.15, 0.2) is 46.9 Å². The van der Waals surface area contributed by atoms with Crippen LogP contribution >= 0.6 is 15.9 Å². The number of benzene rings is 2. The van der Waals surface area contributed by atoms with Gasteiger partial charge in [0.1, 0.15) is 0 Å². The van der Waals surface area contributed by atoms with E-state index in [1.54, 1.807) is 0 Å². The number of nitrogen functional groups attached to an aromatic ring is 1. The molecule has 2 N–H and O–H groups in total. The number of hydrogen-bond acceptors (Lipinski definition) is 2. The molecule has 0 aliphatic heterocycles. The maximum atomic E-state index is 5.95. The van der Waals surface area contributed by atoms with Crippen molar-refractivity contribution in [3.8, 4) is 0 Å². The second kappa shape index (κ2) is 6.22. The molecule has 2 rings (SSSR count). The highest BCUT2D eigenvalue weighted by atomic mass is 79.9. The number of aryl methyl sites for hydroxylation is 1. The summed E-state index contributed by atoms with van der Waals surface area (Å²) in [4.78, 5) is 2.28. The van der Waals surface area contributed by atoms with Gasteiger partial charge in [-0.3, -0.25) is 4.90 Å². The van der Waals surface area contributed by atoms with Crippen molar-refractivity contribution in [2.24, 2.45) is 0 Å². The van der Waals surface area contributed by atoms with Crippen molar-refractivity contribution >= 4 is 21.6 Å². The predicted octanol–water partition coefficient (Wildman–Crippen LogP) is 3.97. The van der Waals surface area contributed by atoms with Crippen molar-refractivity contribution < 1.29 is 0 Å². The van der Waals surface area contributed by atoms with E-state index in [-0.39, 0.29) is 0 Å². The Bertz CT molecular complexity index is 566. The molecule has 0 saturated heterocycles. The molecule has 0 aliphatic rings. The summed E-state index contributed by atoms with van der Waals surface area (Å²) in [6.45, 7) is 3.84. The lowest BCUT2D eigenvalue weighted by molar-refractivity contribution is 0.318. The summed E-state index contributed by atoms with van der Waals surface area (Å²) in [5.41, 5.74) is 10.5. The van der Waals surface area contributed by atoms with Crippen LogP contribution in [0.3, 0.4) is 0 Å². The van der Waals surface area contributed by atoms with E-state index >= 15 is 0 Å². The SMILES string of the molecule is Cc1ccc(CN(C)Cc2ccccc2Br)cc1N. The van der Waals surface area contributed by atoms with Crippen LogP contribution in [-0.4, -0.2) is 11.9 Å². The van der Waals surface area contributed by atoms with Gasteiger partial charge in [0.05, 0.1) is 0 Å². The molecule has 100 valence electrons. The molecule has 2 aromatic carbocycles. The van der Waals surface area contributed by atoms with Crippen LogP contribution in [0.1, 0.15) is 16.7 Å². The van der Waals surface area contributed by atoms with Gasteiger partial charge in [-0.25, -0.2) is 0 Å². The van der Waals surface area contributed by atoms with Gasteiger partial charge in [0.2, 0.25) is 0 Å². The Morgan fingerprint density at radius 2 is 1.84 bits per heavy atom. The van der Waals surface area contributed by atoms with E-state index in [0.717, 1.165) is 28.8 Å². The van der Waals surface area contributed by atoms with E-state index in [2.05, 4.69) is 64.3 Å². The van der Waals surface area contributed by atoms with Crippen molar-refractivity contribution in [2.45, 2.75) is 20.0 Å². The van der Waals surface area contributed by atoms with Gasteiger partial charge in [0, 0.05) is 23.2 Å². The zero-order chi connectivity index (χ0) is 13.8. The lowest BCUT2D eigenvalue weighted by Gasteiger charge is -2.18. The largest absolute Gasteiger partial charge is 0.399 e. The molecule has 0 fully saturated rings. The van der Waals surface area contributed by atoms with Crippen molar-refractivity contribution in [3.05, 3.63) is 63.6 Å². The number of hydrogen-bond donors (Lipinski definition) is 1. The fourth-order valence-electron chi connectivity index (χ4n) is 2.07. The summed E-state index contributed by atoms with van der Waals surface area (Å²) in [7, 11) is 2.12. The zero-order valence-corrected chi connectivity index (χ0v) is 12.9. The highest BCUT2D eigenvalue weighted by Gasteiger charge is 2.05. The minimum atomic E-state index is 0.867. The van der Waals surface area contributed by atoms with Crippen molar-refractivity contribution in [1.82, 2.24) is 4.90 Å². The maximum Gasteiger partial charge on any atom is 0.0346 e. The van der Waals surface area contributed by atoms with Gasteiger partial charge in [-0.05, 0) is 42.8 Å². The molecule has 0 amide bonds. The van der Waals surface area contributed by atoms with E-state index in [1.807, 2.05) is 13.0 Å². The number of nitrogens with zero attached hydrogens (tertiary/aromatic N) is 1. The Hall–Kier alpha value is -1.32. The van der Waals surface area contributed by atoms with Gasteiger partial charge in [-0.15, -0.1) is 0 Å². The normalized spacial score (nSPS) is 10.9. The van der Waals surface area contributed by atoms with E-state index in [0.29, 0.717) is 0 Å². The highest BCUT2D eigenvalue weighted by molar-refractivity contribution is 9.10. The molecule has 0 atom stereocenters. The van der Waals surface area contributed by atoms with Crippen LogP contribution in [-0.2, 0) is 13.1 Å². The van der Waals surface area contributed by atoms with Gasteiger partial charge in [0.25, 0.3) is 0 Å². The van der Waals surface area contributed by atoms with Crippen LogP contribution in [0.2, 0.25) is 0 Å². The monoisotopic (exact) mass is 318 g/mol. The van der Waals surface area contributed by atoms with Gasteiger partial charge in [0.15, 0.2) is 0 Å². The van der Waals surface area contributed by atoms with Crippen LogP contribution in [0.5, 0.6) is 0 Å². The van der Waals surface area contributed by atoms with Crippen LogP contribution in [0.25, 0.3) is 0 Å². The first-order valence-corrected chi connectivity index (χ1v) is 7.12. The molecule has 0 spiro atoms. The Labute approximate surface area is 123 Å². The maximum absolute atomic E-state index is 5.95. The molecule has 2 nitrogen and oxygen atoms in total. The molecular formula is C16H19BrN2. The van der Waals surface area contributed by atoms with Crippen molar-refractivity contribution in [3.63, 3.8) is 0 Å². The van der Waals surface area contributed by atoms with Gasteiger partial charge in [-0.1, -0.05) is 46.3 Å². The standard InChI is InChI=1S/C16H19BrN2/c1-12-7-8-13(9-16(12)18)10-19(2)11-14-5-3-4-6-15(14)17/h3-9H,10-11,18H2,1-2H3. The smallest absolute Gasteiger partial charge is 0.0346 e. The molecule has 19 heavy (non-hydrogen) atoms. The summed E-state index contributed by atoms with van der Waals surface area (Å²) in [6.07, 6.45) is 0. The van der Waals surface area contributed by atoms with Crippen molar-refractivity contribution in [2.75, 3.05) is 12.8 Å². The molecule has 2 aromatic rings. The van der Waals surface area contributed by atoms with E-state index < -0.39 is 0 Å². The zero-order valence-electron chi connectivity index (χ0n) is 11.4. The number of halogens is 1. The molecular weight excluding hydrogens is 300 g/mol. The van der Waals surface area contributed by atoms with Crippen LogP contribution < -0.4 is 5.73 Å². The Balaban J connectivity index is 2.03. The van der Waals surface area contributed by atoms with E-state index in [9.17, 15) is 0 Å². The summed E-state index contributed by atoms with van der Waals surface area (Å²) < 4.78 is 1.16. The fraction of sp³-hybridized carbons (Fsp3) is 0.250. The van der Waals surface area contributed by atoms with E-state index in [4.69, 9.17) is 5.73 Å². The molecule has 0 unspecified atom stereocenters. The highest BCUT2D eigenvalue weighted by Crippen LogP contribution is 2.19. The lowest BCUT2D eigenvalue weighted by Crippen LogP contribution is -2.17. The minimum Gasteiger partial charge on any atom is -0.399 e. The lowest BCUT2D eigenvalue weighted by atomic mass is 10.1. The topological polar surface area (TPSA) is 29.3 Å². The molecule has 0 aliphatic carbocycles. The van der Waals surface area contributed by atoms with Gasteiger partial charge >= 0.3 is 0 Å². The van der Waals surface area contributed by atoms with Crippen LogP contribution in [0, 0.1) is 6.92 Å². The predicted molar refractivity (Wildman–Crippen MR) is 84.9 cm³/mol. The fourth-order valence-corrected chi connectivity index (χ4v) is 2.48. The van der Waals surface area contributed by atoms with Crippen molar-refractivity contribution in [1.29, 1.82) is 0 Å². The molecule has 0 radical (unpaired) electrons. The number of anilines is 1. The first-order valence-electron chi connectivity index (χ1n) is 6.33. The molecule has 0 saturated carbocycles. The van der Waals surface area contributed by atoms with E-state index in [1.165, 1.54) is 11.1 Å². The minimum absolute atomic E-state index is 0.867. The summed E-state index contributed by atoms with van der Waals surface area (Å²) >= 11 is 3.58. The average molecular weight is 319 g/mol. The third-order valence-electron chi connectivity index (χ3n) is 3.19. The second-order valence-electron chi connectivity index (χ2n) is 4.95. The Kier molecular flexibility index (Phi) is 4.61. The summed E-state index contributed by atoms with van der Waals surface area (Å²) in [6, 6.07) is 14.6. The molecule has 3 heteroatoms.